The largest absolute Gasteiger partial charge is 0.380 e. The van der Waals surface area contributed by atoms with Crippen LogP contribution in [0.25, 0.3) is 0 Å². The molecule has 4 nitrogen and oxygen atoms in total. The van der Waals surface area contributed by atoms with E-state index >= 15 is 0 Å². The Labute approximate surface area is 109 Å². The zero-order chi connectivity index (χ0) is 11.4. The Morgan fingerprint density at radius 3 is 2.82 bits per heavy atom. The molecule has 100 valence electrons. The van der Waals surface area contributed by atoms with Gasteiger partial charge in [0.05, 0.1) is 12.0 Å². The van der Waals surface area contributed by atoms with Crippen molar-refractivity contribution < 1.29 is 9.53 Å². The van der Waals surface area contributed by atoms with Crippen molar-refractivity contribution in [3.63, 3.8) is 0 Å². The van der Waals surface area contributed by atoms with E-state index in [1.54, 1.807) is 7.11 Å². The van der Waals surface area contributed by atoms with E-state index in [4.69, 9.17) is 4.74 Å². The molecule has 1 amide bonds. The summed E-state index contributed by atoms with van der Waals surface area (Å²) in [5, 5.41) is 3.30. The summed E-state index contributed by atoms with van der Waals surface area (Å²) in [7, 11) is 1.74. The van der Waals surface area contributed by atoms with Gasteiger partial charge in [-0.2, -0.15) is 0 Å². The number of methoxy groups -OCH3 is 1. The first-order valence-corrected chi connectivity index (χ1v) is 6.33. The van der Waals surface area contributed by atoms with Crippen LogP contribution in [0.1, 0.15) is 25.7 Å². The van der Waals surface area contributed by atoms with Crippen molar-refractivity contribution in [2.24, 2.45) is 5.92 Å². The van der Waals surface area contributed by atoms with Gasteiger partial charge in [-0.3, -0.25) is 4.79 Å². The van der Waals surface area contributed by atoms with Crippen LogP contribution in [-0.2, 0) is 9.53 Å². The van der Waals surface area contributed by atoms with E-state index < -0.39 is 0 Å². The smallest absolute Gasteiger partial charge is 0.227 e. The summed E-state index contributed by atoms with van der Waals surface area (Å²) in [6.45, 7) is 3.61. The van der Waals surface area contributed by atoms with Gasteiger partial charge in [-0.25, -0.2) is 0 Å². The molecule has 2 aliphatic heterocycles. The van der Waals surface area contributed by atoms with Gasteiger partial charge in [0.1, 0.15) is 0 Å². The zero-order valence-corrected chi connectivity index (χ0v) is 11.3. The molecule has 5 heteroatoms. The highest BCUT2D eigenvalue weighted by molar-refractivity contribution is 5.85. The molecule has 0 aromatic carbocycles. The Bertz CT molecular complexity index is 245. The predicted molar refractivity (Wildman–Crippen MR) is 69.5 cm³/mol. The number of nitrogens with zero attached hydrogens (tertiary/aromatic N) is 1. The Balaban J connectivity index is 0.00000144. The van der Waals surface area contributed by atoms with Crippen LogP contribution in [-0.4, -0.2) is 50.2 Å². The van der Waals surface area contributed by atoms with Gasteiger partial charge in [-0.15, -0.1) is 12.4 Å². The summed E-state index contributed by atoms with van der Waals surface area (Å²) in [5.74, 6) is 0.526. The van der Waals surface area contributed by atoms with Crippen LogP contribution < -0.4 is 5.32 Å². The lowest BCUT2D eigenvalue weighted by Gasteiger charge is -2.35. The van der Waals surface area contributed by atoms with E-state index in [9.17, 15) is 4.79 Å². The van der Waals surface area contributed by atoms with E-state index in [-0.39, 0.29) is 24.4 Å². The number of nitrogens with one attached hydrogen (secondary N) is 1. The summed E-state index contributed by atoms with van der Waals surface area (Å²) in [4.78, 5) is 14.2. The molecule has 17 heavy (non-hydrogen) atoms. The first-order valence-electron chi connectivity index (χ1n) is 6.33. The van der Waals surface area contributed by atoms with Gasteiger partial charge in [0, 0.05) is 26.7 Å². The maximum Gasteiger partial charge on any atom is 0.227 e. The number of halogens is 1. The van der Waals surface area contributed by atoms with E-state index in [0.717, 1.165) is 51.9 Å². The molecule has 0 spiro atoms. The van der Waals surface area contributed by atoms with E-state index in [1.807, 2.05) is 4.90 Å². The van der Waals surface area contributed by atoms with Gasteiger partial charge in [0.15, 0.2) is 0 Å². The Morgan fingerprint density at radius 2 is 2.18 bits per heavy atom. The lowest BCUT2D eigenvalue weighted by Crippen LogP contribution is -2.48. The van der Waals surface area contributed by atoms with Crippen molar-refractivity contribution >= 4 is 18.3 Å². The summed E-state index contributed by atoms with van der Waals surface area (Å²) < 4.78 is 5.35. The maximum absolute atomic E-state index is 12.2. The first kappa shape index (κ1) is 14.7. The van der Waals surface area contributed by atoms with Crippen molar-refractivity contribution in [1.82, 2.24) is 10.2 Å². The van der Waals surface area contributed by atoms with E-state index in [0.29, 0.717) is 5.91 Å². The summed E-state index contributed by atoms with van der Waals surface area (Å²) in [6, 6.07) is 0. The lowest BCUT2D eigenvalue weighted by atomic mass is 9.96. The minimum absolute atomic E-state index is 0. The third-order valence-corrected chi connectivity index (χ3v) is 3.67. The predicted octanol–water partition coefficient (Wildman–Crippen LogP) is 1.05. The normalized spacial score (nSPS) is 29.6. The minimum atomic E-state index is 0. The number of carbonyl (C=O) groups excluding carboxylic acids is 1. The lowest BCUT2D eigenvalue weighted by molar-refractivity contribution is -0.139. The fourth-order valence-electron chi connectivity index (χ4n) is 2.65. The zero-order valence-electron chi connectivity index (χ0n) is 10.5. The van der Waals surface area contributed by atoms with E-state index in [2.05, 4.69) is 5.32 Å². The summed E-state index contributed by atoms with van der Waals surface area (Å²) >= 11 is 0. The third kappa shape index (κ3) is 3.83. The fraction of sp³-hybridized carbons (Fsp3) is 0.917. The second-order valence-electron chi connectivity index (χ2n) is 4.83. The Morgan fingerprint density at radius 1 is 1.35 bits per heavy atom. The second-order valence-corrected chi connectivity index (χ2v) is 4.83. The van der Waals surface area contributed by atoms with Crippen LogP contribution in [0.4, 0.5) is 0 Å². The molecule has 2 saturated heterocycles. The number of piperidine rings is 2. The molecule has 2 rings (SSSR count). The molecule has 0 aliphatic carbocycles. The van der Waals surface area contributed by atoms with E-state index in [1.165, 1.54) is 0 Å². The molecule has 2 aliphatic rings. The molecular weight excluding hydrogens is 240 g/mol. The first-order chi connectivity index (χ1) is 7.81. The minimum Gasteiger partial charge on any atom is -0.380 e. The quantitative estimate of drug-likeness (QED) is 0.809. The molecule has 0 saturated carbocycles. The SMILES string of the molecule is COC1CCCN(C(=O)C2CCCNC2)C1.Cl. The maximum atomic E-state index is 12.2. The molecule has 2 unspecified atom stereocenters. The highest BCUT2D eigenvalue weighted by Crippen LogP contribution is 2.18. The molecular formula is C12H23ClN2O2. The molecule has 2 heterocycles. The average molecular weight is 263 g/mol. The summed E-state index contributed by atoms with van der Waals surface area (Å²) in [6.07, 6.45) is 4.57. The van der Waals surface area contributed by atoms with Gasteiger partial charge in [0.25, 0.3) is 0 Å². The van der Waals surface area contributed by atoms with Gasteiger partial charge in [0.2, 0.25) is 5.91 Å². The third-order valence-electron chi connectivity index (χ3n) is 3.67. The Kier molecular flexibility index (Phi) is 6.23. The molecule has 2 fully saturated rings. The number of ether oxygens (including phenoxy) is 1. The van der Waals surface area contributed by atoms with Crippen LogP contribution in [0.3, 0.4) is 0 Å². The van der Waals surface area contributed by atoms with Gasteiger partial charge >= 0.3 is 0 Å². The van der Waals surface area contributed by atoms with Crippen molar-refractivity contribution in [1.29, 1.82) is 0 Å². The number of likely N-dealkylation sites (tertiary alicyclic amines) is 1. The Hall–Kier alpha value is -0.320. The molecule has 0 aromatic rings. The van der Waals surface area contributed by atoms with Crippen LogP contribution in [0.2, 0.25) is 0 Å². The molecule has 0 bridgehead atoms. The molecule has 0 radical (unpaired) electrons. The van der Waals surface area contributed by atoms with Crippen LogP contribution >= 0.6 is 12.4 Å². The second kappa shape index (κ2) is 7.19. The average Bonchev–Trinajstić information content (AvgIpc) is 2.39. The van der Waals surface area contributed by atoms with Gasteiger partial charge in [-0.1, -0.05) is 0 Å². The topological polar surface area (TPSA) is 41.6 Å². The molecule has 1 N–H and O–H groups in total. The highest BCUT2D eigenvalue weighted by Gasteiger charge is 2.29. The van der Waals surface area contributed by atoms with Crippen molar-refractivity contribution in [2.45, 2.75) is 31.8 Å². The fourth-order valence-corrected chi connectivity index (χ4v) is 2.65. The van der Waals surface area contributed by atoms with Crippen molar-refractivity contribution in [2.75, 3.05) is 33.3 Å². The van der Waals surface area contributed by atoms with Crippen LogP contribution in [0, 0.1) is 5.92 Å². The van der Waals surface area contributed by atoms with Crippen molar-refractivity contribution in [3.8, 4) is 0 Å². The number of hydrogen-bond donors (Lipinski definition) is 1. The van der Waals surface area contributed by atoms with Gasteiger partial charge in [-0.05, 0) is 32.2 Å². The standard InChI is InChI=1S/C12H22N2O2.ClH/c1-16-11-5-3-7-14(9-11)12(15)10-4-2-6-13-8-10;/h10-11,13H,2-9H2,1H3;1H. The number of rotatable bonds is 2. The number of carbonyl (C=O) groups is 1. The van der Waals surface area contributed by atoms with Crippen molar-refractivity contribution in [3.05, 3.63) is 0 Å². The van der Waals surface area contributed by atoms with Gasteiger partial charge < -0.3 is 15.0 Å². The number of amides is 1. The molecule has 0 aromatic heterocycles. The number of hydrogen-bond acceptors (Lipinski definition) is 3. The monoisotopic (exact) mass is 262 g/mol. The summed E-state index contributed by atoms with van der Waals surface area (Å²) in [5.41, 5.74) is 0. The molecule has 2 atom stereocenters. The highest BCUT2D eigenvalue weighted by atomic mass is 35.5. The van der Waals surface area contributed by atoms with Crippen LogP contribution in [0.5, 0.6) is 0 Å². The van der Waals surface area contributed by atoms with Crippen LogP contribution in [0.15, 0.2) is 0 Å².